The van der Waals surface area contributed by atoms with Gasteiger partial charge in [-0.25, -0.2) is 4.79 Å². The minimum atomic E-state index is -0.861. The predicted molar refractivity (Wildman–Crippen MR) is 163 cm³/mol. The van der Waals surface area contributed by atoms with Crippen LogP contribution in [0.5, 0.6) is 0 Å². The molecule has 0 aromatic heterocycles. The Morgan fingerprint density at radius 3 is 2.10 bits per heavy atom. The molecular formula is C33H53N3O4. The van der Waals surface area contributed by atoms with E-state index in [1.165, 1.54) is 0 Å². The fourth-order valence-electron chi connectivity index (χ4n) is 4.66. The summed E-state index contributed by atoms with van der Waals surface area (Å²) in [7, 11) is 0. The summed E-state index contributed by atoms with van der Waals surface area (Å²) in [4.78, 5) is 42.6. The van der Waals surface area contributed by atoms with Crippen molar-refractivity contribution in [1.82, 2.24) is 15.5 Å². The first kappa shape index (κ1) is 35.0. The molecule has 0 saturated heterocycles. The van der Waals surface area contributed by atoms with Gasteiger partial charge in [-0.2, -0.15) is 0 Å². The van der Waals surface area contributed by atoms with Crippen LogP contribution in [-0.2, 0) is 14.3 Å². The molecule has 0 bridgehead atoms. The van der Waals surface area contributed by atoms with E-state index in [2.05, 4.69) is 30.4 Å². The molecule has 0 spiro atoms. The Balaban J connectivity index is 3.52. The zero-order chi connectivity index (χ0) is 30.3. The Labute approximate surface area is 243 Å². The van der Waals surface area contributed by atoms with Gasteiger partial charge in [0.05, 0.1) is 0 Å². The average Bonchev–Trinajstić information content (AvgIpc) is 2.86. The standard InChI is InChI=1S/C33H53N3O4/c1-10-13-14-15-16-22-36(31(38)28(23-24(4)5)35-32(39)40-33(7,8)9)29(30(37)34-25(6)17-11-2)27-20-18-26(12-3)19-21-27/h3,18-21,24-25,28-29H,10-11,13-17,22-23H2,1-2,4-9H3,(H,34,37)(H,35,39). The Morgan fingerprint density at radius 2 is 1.57 bits per heavy atom. The molecule has 1 aromatic rings. The van der Waals surface area contributed by atoms with Crippen molar-refractivity contribution in [1.29, 1.82) is 0 Å². The Hall–Kier alpha value is -3.01. The van der Waals surface area contributed by atoms with Crippen LogP contribution >= 0.6 is 0 Å². The second kappa shape index (κ2) is 17.6. The van der Waals surface area contributed by atoms with Crippen molar-refractivity contribution in [3.63, 3.8) is 0 Å². The molecule has 1 aromatic carbocycles. The van der Waals surface area contributed by atoms with E-state index in [1.807, 2.05) is 32.9 Å². The molecule has 0 heterocycles. The number of hydrogen-bond acceptors (Lipinski definition) is 4. The third kappa shape index (κ3) is 12.9. The number of benzene rings is 1. The number of nitrogens with one attached hydrogen (secondary N) is 2. The summed E-state index contributed by atoms with van der Waals surface area (Å²) in [5, 5.41) is 5.93. The lowest BCUT2D eigenvalue weighted by atomic mass is 9.97. The maximum atomic E-state index is 14.3. The predicted octanol–water partition coefficient (Wildman–Crippen LogP) is 6.75. The summed E-state index contributed by atoms with van der Waals surface area (Å²) in [6.45, 7) is 16.0. The van der Waals surface area contributed by atoms with Gasteiger partial charge in [0.1, 0.15) is 17.7 Å². The van der Waals surface area contributed by atoms with Crippen LogP contribution in [0.2, 0.25) is 0 Å². The van der Waals surface area contributed by atoms with Crippen molar-refractivity contribution in [2.75, 3.05) is 6.54 Å². The lowest BCUT2D eigenvalue weighted by Crippen LogP contribution is -2.54. The lowest BCUT2D eigenvalue weighted by molar-refractivity contribution is -0.143. The molecule has 0 radical (unpaired) electrons. The molecule has 2 N–H and O–H groups in total. The number of nitrogens with zero attached hydrogens (tertiary/aromatic N) is 1. The van der Waals surface area contributed by atoms with Crippen LogP contribution in [0, 0.1) is 18.3 Å². The fraction of sp³-hybridized carbons (Fsp3) is 0.667. The van der Waals surface area contributed by atoms with Gasteiger partial charge in [-0.15, -0.1) is 6.42 Å². The quantitative estimate of drug-likeness (QED) is 0.174. The molecule has 3 unspecified atom stereocenters. The Morgan fingerprint density at radius 1 is 0.950 bits per heavy atom. The number of rotatable bonds is 16. The molecule has 3 atom stereocenters. The van der Waals surface area contributed by atoms with Crippen LogP contribution < -0.4 is 10.6 Å². The maximum Gasteiger partial charge on any atom is 0.408 e. The largest absolute Gasteiger partial charge is 0.444 e. The van der Waals surface area contributed by atoms with Gasteiger partial charge in [-0.05, 0) is 70.6 Å². The van der Waals surface area contributed by atoms with E-state index >= 15 is 0 Å². The van der Waals surface area contributed by atoms with Gasteiger partial charge in [0.15, 0.2) is 0 Å². The highest BCUT2D eigenvalue weighted by Gasteiger charge is 2.36. The van der Waals surface area contributed by atoms with E-state index in [-0.39, 0.29) is 23.8 Å². The summed E-state index contributed by atoms with van der Waals surface area (Å²) < 4.78 is 5.48. The highest BCUT2D eigenvalue weighted by atomic mass is 16.6. The normalized spacial score (nSPS) is 13.6. The van der Waals surface area contributed by atoms with Crippen LogP contribution in [0.15, 0.2) is 24.3 Å². The third-order valence-electron chi connectivity index (χ3n) is 6.55. The number of unbranched alkanes of at least 4 members (excludes halogenated alkanes) is 4. The zero-order valence-corrected chi connectivity index (χ0v) is 26.1. The van der Waals surface area contributed by atoms with Crippen molar-refractivity contribution in [3.8, 4) is 12.3 Å². The van der Waals surface area contributed by atoms with E-state index in [4.69, 9.17) is 11.2 Å². The smallest absolute Gasteiger partial charge is 0.408 e. The summed E-state index contributed by atoms with van der Waals surface area (Å²) in [6, 6.07) is 5.48. The first-order valence-electron chi connectivity index (χ1n) is 15.0. The highest BCUT2D eigenvalue weighted by Crippen LogP contribution is 2.26. The summed E-state index contributed by atoms with van der Waals surface area (Å²) in [5.74, 6) is 2.21. The molecule has 224 valence electrons. The van der Waals surface area contributed by atoms with Crippen molar-refractivity contribution >= 4 is 17.9 Å². The molecule has 0 fully saturated rings. The van der Waals surface area contributed by atoms with Crippen LogP contribution in [0.4, 0.5) is 4.79 Å². The van der Waals surface area contributed by atoms with Gasteiger partial charge in [-0.1, -0.05) is 77.9 Å². The van der Waals surface area contributed by atoms with Crippen LogP contribution in [0.1, 0.15) is 124 Å². The molecule has 0 aliphatic heterocycles. The SMILES string of the molecule is C#Cc1ccc(C(C(=O)NC(C)CCC)N(CCCCCCC)C(=O)C(CC(C)C)NC(=O)OC(C)(C)C)cc1. The van der Waals surface area contributed by atoms with Gasteiger partial charge in [0.25, 0.3) is 0 Å². The van der Waals surface area contributed by atoms with E-state index in [1.54, 1.807) is 37.8 Å². The summed E-state index contributed by atoms with van der Waals surface area (Å²) >= 11 is 0. The minimum absolute atomic E-state index is 0.0437. The molecule has 0 aliphatic carbocycles. The number of alkyl carbamates (subject to hydrolysis) is 1. The topological polar surface area (TPSA) is 87.7 Å². The number of ether oxygens (including phenoxy) is 1. The molecule has 7 nitrogen and oxygen atoms in total. The number of carbonyl (C=O) groups excluding carboxylic acids is 3. The lowest BCUT2D eigenvalue weighted by Gasteiger charge is -2.35. The van der Waals surface area contributed by atoms with Crippen molar-refractivity contribution in [2.24, 2.45) is 5.92 Å². The second-order valence-electron chi connectivity index (χ2n) is 12.1. The molecule has 1 rings (SSSR count). The van der Waals surface area contributed by atoms with Crippen molar-refractivity contribution in [2.45, 2.75) is 130 Å². The van der Waals surface area contributed by atoms with E-state index < -0.39 is 23.8 Å². The minimum Gasteiger partial charge on any atom is -0.444 e. The highest BCUT2D eigenvalue weighted by molar-refractivity contribution is 5.92. The first-order valence-corrected chi connectivity index (χ1v) is 15.0. The van der Waals surface area contributed by atoms with Gasteiger partial charge < -0.3 is 20.3 Å². The Kier molecular flexibility index (Phi) is 15.4. The van der Waals surface area contributed by atoms with Gasteiger partial charge in [0, 0.05) is 18.2 Å². The molecule has 0 aliphatic rings. The molecule has 3 amide bonds. The maximum absolute atomic E-state index is 14.3. The van der Waals surface area contributed by atoms with Gasteiger partial charge in [0.2, 0.25) is 11.8 Å². The monoisotopic (exact) mass is 555 g/mol. The molecule has 0 saturated carbocycles. The second-order valence-corrected chi connectivity index (χ2v) is 12.1. The number of hydrogen-bond donors (Lipinski definition) is 2. The van der Waals surface area contributed by atoms with Gasteiger partial charge >= 0.3 is 6.09 Å². The van der Waals surface area contributed by atoms with E-state index in [9.17, 15) is 14.4 Å². The average molecular weight is 556 g/mol. The molecule has 7 heteroatoms. The van der Waals surface area contributed by atoms with Crippen molar-refractivity contribution < 1.29 is 19.1 Å². The third-order valence-corrected chi connectivity index (χ3v) is 6.55. The number of amides is 3. The van der Waals surface area contributed by atoms with E-state index in [0.29, 0.717) is 24.1 Å². The fourth-order valence-corrected chi connectivity index (χ4v) is 4.66. The first-order chi connectivity index (χ1) is 18.8. The molecular weight excluding hydrogens is 502 g/mol. The van der Waals surface area contributed by atoms with E-state index in [0.717, 1.165) is 44.9 Å². The number of carbonyl (C=O) groups is 3. The Bertz CT molecular complexity index is 959. The van der Waals surface area contributed by atoms with Crippen LogP contribution in [-0.4, -0.2) is 47.0 Å². The summed E-state index contributed by atoms with van der Waals surface area (Å²) in [5.41, 5.74) is 0.678. The zero-order valence-electron chi connectivity index (χ0n) is 26.1. The number of terminal acetylenes is 1. The summed E-state index contributed by atoms with van der Waals surface area (Å²) in [6.07, 6.45) is 12.1. The van der Waals surface area contributed by atoms with Gasteiger partial charge in [-0.3, -0.25) is 9.59 Å². The van der Waals surface area contributed by atoms with Crippen LogP contribution in [0.3, 0.4) is 0 Å². The van der Waals surface area contributed by atoms with Crippen LogP contribution in [0.25, 0.3) is 0 Å². The molecule has 40 heavy (non-hydrogen) atoms. The van der Waals surface area contributed by atoms with Crippen molar-refractivity contribution in [3.05, 3.63) is 35.4 Å².